The predicted molar refractivity (Wildman–Crippen MR) is 92.3 cm³/mol. The number of hydrogen-bond acceptors (Lipinski definition) is 3. The van der Waals surface area contributed by atoms with Gasteiger partial charge in [0.1, 0.15) is 5.52 Å². The van der Waals surface area contributed by atoms with Crippen LogP contribution in [0.1, 0.15) is 25.8 Å². The number of nitrogens with zero attached hydrogens (tertiary/aromatic N) is 1. The van der Waals surface area contributed by atoms with Gasteiger partial charge in [0.2, 0.25) is 11.8 Å². The maximum absolute atomic E-state index is 11.9. The minimum absolute atomic E-state index is 0.0157. The minimum Gasteiger partial charge on any atom is -0.436 e. The fourth-order valence-corrected chi connectivity index (χ4v) is 2.52. The van der Waals surface area contributed by atoms with Crippen LogP contribution in [0.2, 0.25) is 0 Å². The van der Waals surface area contributed by atoms with Crippen LogP contribution < -0.4 is 5.32 Å². The van der Waals surface area contributed by atoms with Crippen LogP contribution in [0.15, 0.2) is 46.9 Å². The average Bonchev–Trinajstić information content (AvgIpc) is 2.89. The van der Waals surface area contributed by atoms with Crippen molar-refractivity contribution in [3.05, 3.63) is 48.0 Å². The zero-order chi connectivity index (χ0) is 16.4. The van der Waals surface area contributed by atoms with Crippen LogP contribution in [0.5, 0.6) is 0 Å². The summed E-state index contributed by atoms with van der Waals surface area (Å²) in [6.07, 6.45) is 0.505. The second-order valence-electron chi connectivity index (χ2n) is 6.16. The molecule has 0 spiro atoms. The molecule has 4 nitrogen and oxygen atoms in total. The number of fused-ring (bicyclic) bond motifs is 1. The summed E-state index contributed by atoms with van der Waals surface area (Å²) < 4.78 is 5.84. The quantitative estimate of drug-likeness (QED) is 0.754. The number of rotatable bonds is 4. The molecular formula is C19H20N2O2. The van der Waals surface area contributed by atoms with E-state index in [1.165, 1.54) is 0 Å². The van der Waals surface area contributed by atoms with Crippen LogP contribution in [0.4, 0.5) is 5.69 Å². The molecule has 118 valence electrons. The van der Waals surface area contributed by atoms with E-state index in [9.17, 15) is 4.79 Å². The highest BCUT2D eigenvalue weighted by Gasteiger charge is 2.11. The Morgan fingerprint density at radius 2 is 2.00 bits per heavy atom. The SMILES string of the molecule is Cc1ccccc1-c1nc2cc(NC(=O)CC(C)C)ccc2o1. The lowest BCUT2D eigenvalue weighted by atomic mass is 10.1. The second-order valence-corrected chi connectivity index (χ2v) is 6.16. The first-order chi connectivity index (χ1) is 11.0. The van der Waals surface area contributed by atoms with E-state index in [0.29, 0.717) is 23.8 Å². The van der Waals surface area contributed by atoms with E-state index in [4.69, 9.17) is 4.42 Å². The van der Waals surface area contributed by atoms with Gasteiger partial charge < -0.3 is 9.73 Å². The lowest BCUT2D eigenvalue weighted by Crippen LogP contribution is -2.13. The molecule has 0 unspecified atom stereocenters. The Kier molecular flexibility index (Phi) is 4.15. The third-order valence-corrected chi connectivity index (χ3v) is 3.64. The molecule has 0 fully saturated rings. The Hall–Kier alpha value is -2.62. The molecule has 0 aliphatic carbocycles. The Morgan fingerprint density at radius 1 is 1.22 bits per heavy atom. The van der Waals surface area contributed by atoms with E-state index >= 15 is 0 Å². The summed E-state index contributed by atoms with van der Waals surface area (Å²) in [5.41, 5.74) is 4.29. The minimum atomic E-state index is 0.0157. The molecule has 1 amide bonds. The molecule has 0 bridgehead atoms. The van der Waals surface area contributed by atoms with Crippen LogP contribution >= 0.6 is 0 Å². The Bertz CT molecular complexity index is 849. The van der Waals surface area contributed by atoms with E-state index < -0.39 is 0 Å². The molecule has 3 aromatic rings. The summed E-state index contributed by atoms with van der Waals surface area (Å²) in [6.45, 7) is 6.07. The van der Waals surface area contributed by atoms with Gasteiger partial charge in [-0.25, -0.2) is 4.98 Å². The second kappa shape index (κ2) is 6.24. The maximum atomic E-state index is 11.9. The highest BCUT2D eigenvalue weighted by atomic mass is 16.3. The molecule has 1 N–H and O–H groups in total. The molecule has 0 atom stereocenters. The van der Waals surface area contributed by atoms with E-state index in [1.54, 1.807) is 0 Å². The van der Waals surface area contributed by atoms with Crippen molar-refractivity contribution in [3.63, 3.8) is 0 Å². The molecule has 0 aliphatic rings. The molecule has 0 aliphatic heterocycles. The topological polar surface area (TPSA) is 55.1 Å². The van der Waals surface area contributed by atoms with Crippen molar-refractivity contribution in [1.29, 1.82) is 0 Å². The summed E-state index contributed by atoms with van der Waals surface area (Å²) in [7, 11) is 0. The van der Waals surface area contributed by atoms with Gasteiger partial charge in [-0.05, 0) is 42.7 Å². The Morgan fingerprint density at radius 3 is 2.74 bits per heavy atom. The van der Waals surface area contributed by atoms with Gasteiger partial charge in [-0.2, -0.15) is 0 Å². The third kappa shape index (κ3) is 3.42. The van der Waals surface area contributed by atoms with Crippen LogP contribution in [-0.2, 0) is 4.79 Å². The summed E-state index contributed by atoms with van der Waals surface area (Å²) in [6, 6.07) is 13.5. The monoisotopic (exact) mass is 308 g/mol. The van der Waals surface area contributed by atoms with Gasteiger partial charge in [0.15, 0.2) is 5.58 Å². The zero-order valence-electron chi connectivity index (χ0n) is 13.6. The molecule has 0 radical (unpaired) electrons. The van der Waals surface area contributed by atoms with Gasteiger partial charge in [-0.1, -0.05) is 32.0 Å². The summed E-state index contributed by atoms with van der Waals surface area (Å²) >= 11 is 0. The van der Waals surface area contributed by atoms with Crippen LogP contribution in [0.25, 0.3) is 22.6 Å². The number of hydrogen-bond donors (Lipinski definition) is 1. The van der Waals surface area contributed by atoms with Crippen molar-refractivity contribution in [3.8, 4) is 11.5 Å². The Labute approximate surface area is 135 Å². The van der Waals surface area contributed by atoms with Crippen LogP contribution in [0.3, 0.4) is 0 Å². The highest BCUT2D eigenvalue weighted by molar-refractivity contribution is 5.93. The van der Waals surface area contributed by atoms with Gasteiger partial charge in [0.05, 0.1) is 0 Å². The number of aryl methyl sites for hydroxylation is 1. The van der Waals surface area contributed by atoms with Gasteiger partial charge >= 0.3 is 0 Å². The van der Waals surface area contributed by atoms with Crippen molar-refractivity contribution >= 4 is 22.7 Å². The maximum Gasteiger partial charge on any atom is 0.227 e. The number of benzene rings is 2. The molecule has 3 rings (SSSR count). The molecule has 23 heavy (non-hydrogen) atoms. The number of nitrogens with one attached hydrogen (secondary N) is 1. The molecule has 4 heteroatoms. The van der Waals surface area contributed by atoms with E-state index in [-0.39, 0.29) is 5.91 Å². The summed E-state index contributed by atoms with van der Waals surface area (Å²) in [5.74, 6) is 0.948. The number of oxazole rings is 1. The smallest absolute Gasteiger partial charge is 0.227 e. The van der Waals surface area contributed by atoms with Crippen LogP contribution in [0, 0.1) is 12.8 Å². The summed E-state index contributed by atoms with van der Waals surface area (Å²) in [5, 5.41) is 2.91. The average molecular weight is 308 g/mol. The van der Waals surface area contributed by atoms with Crippen molar-refractivity contribution in [2.24, 2.45) is 5.92 Å². The highest BCUT2D eigenvalue weighted by Crippen LogP contribution is 2.28. The van der Waals surface area contributed by atoms with E-state index in [2.05, 4.69) is 10.3 Å². The van der Waals surface area contributed by atoms with Crippen molar-refractivity contribution in [2.75, 3.05) is 5.32 Å². The molecule has 1 heterocycles. The number of aromatic nitrogens is 1. The molecule has 0 saturated heterocycles. The molecule has 1 aromatic heterocycles. The normalized spacial score (nSPS) is 11.1. The standard InChI is InChI=1S/C19H20N2O2/c1-12(2)10-18(22)20-14-8-9-17-16(11-14)21-19(23-17)15-7-5-4-6-13(15)3/h4-9,11-12H,10H2,1-3H3,(H,20,22). The third-order valence-electron chi connectivity index (χ3n) is 3.64. The summed E-state index contributed by atoms with van der Waals surface area (Å²) in [4.78, 5) is 16.4. The molecule has 2 aromatic carbocycles. The molecular weight excluding hydrogens is 288 g/mol. The number of carbonyl (C=O) groups excluding carboxylic acids is 1. The number of anilines is 1. The van der Waals surface area contributed by atoms with Gasteiger partial charge in [0, 0.05) is 17.7 Å². The fraction of sp³-hybridized carbons (Fsp3) is 0.263. The first-order valence-electron chi connectivity index (χ1n) is 7.79. The number of amides is 1. The van der Waals surface area contributed by atoms with Gasteiger partial charge in [-0.15, -0.1) is 0 Å². The molecule has 0 saturated carbocycles. The van der Waals surface area contributed by atoms with Crippen molar-refractivity contribution in [1.82, 2.24) is 4.98 Å². The predicted octanol–water partition coefficient (Wildman–Crippen LogP) is 4.79. The first kappa shape index (κ1) is 15.3. The number of carbonyl (C=O) groups is 1. The fourth-order valence-electron chi connectivity index (χ4n) is 2.52. The lowest BCUT2D eigenvalue weighted by molar-refractivity contribution is -0.116. The van der Waals surface area contributed by atoms with Crippen LogP contribution in [-0.4, -0.2) is 10.9 Å². The lowest BCUT2D eigenvalue weighted by Gasteiger charge is -2.06. The van der Waals surface area contributed by atoms with Crippen molar-refractivity contribution < 1.29 is 9.21 Å². The first-order valence-corrected chi connectivity index (χ1v) is 7.79. The zero-order valence-corrected chi connectivity index (χ0v) is 13.6. The Balaban J connectivity index is 1.89. The largest absolute Gasteiger partial charge is 0.436 e. The van der Waals surface area contributed by atoms with Crippen molar-refractivity contribution in [2.45, 2.75) is 27.2 Å². The van der Waals surface area contributed by atoms with E-state index in [0.717, 1.165) is 22.3 Å². The van der Waals surface area contributed by atoms with E-state index in [1.807, 2.05) is 63.2 Å². The van der Waals surface area contributed by atoms with Gasteiger partial charge in [0.25, 0.3) is 0 Å². The van der Waals surface area contributed by atoms with Gasteiger partial charge in [-0.3, -0.25) is 4.79 Å².